The third-order valence-corrected chi connectivity index (χ3v) is 4.92. The number of aromatic nitrogens is 1. The van der Waals surface area contributed by atoms with Gasteiger partial charge in [0.05, 0.1) is 29.7 Å². The Morgan fingerprint density at radius 1 is 1.19 bits per heavy atom. The third kappa shape index (κ3) is 4.66. The summed E-state index contributed by atoms with van der Waals surface area (Å²) >= 11 is 1.39. The molecular weight excluding hydrogens is 358 g/mol. The average Bonchev–Trinajstić information content (AvgIpc) is 3.22. The second kappa shape index (κ2) is 9.19. The van der Waals surface area contributed by atoms with Gasteiger partial charge in [0, 0.05) is 24.7 Å². The number of hydrogen-bond acceptors (Lipinski definition) is 6. The number of benzene rings is 2. The molecule has 0 saturated heterocycles. The van der Waals surface area contributed by atoms with Crippen molar-refractivity contribution in [2.45, 2.75) is 6.42 Å². The Balaban J connectivity index is 1.99. The third-order valence-electron chi connectivity index (χ3n) is 4.16. The van der Waals surface area contributed by atoms with E-state index >= 15 is 0 Å². The Labute approximate surface area is 162 Å². The van der Waals surface area contributed by atoms with Crippen LogP contribution in [0.4, 0.5) is 0 Å². The minimum Gasteiger partial charge on any atom is -0.395 e. The Kier molecular flexibility index (Phi) is 6.44. The van der Waals surface area contributed by atoms with Gasteiger partial charge in [-0.1, -0.05) is 30.3 Å². The number of hydrogen-bond donors (Lipinski definition) is 2. The van der Waals surface area contributed by atoms with Crippen LogP contribution in [0.2, 0.25) is 0 Å². The number of nitrogens with zero attached hydrogens (tertiary/aromatic N) is 2. The SMILES string of the molecule is N#Cc1ccc(-c2cccc(CC(=O)CNCCO)c2-c2ccns2)cc1. The maximum Gasteiger partial charge on any atom is 0.150 e. The Morgan fingerprint density at radius 3 is 2.67 bits per heavy atom. The quantitative estimate of drug-likeness (QED) is 0.589. The van der Waals surface area contributed by atoms with E-state index in [1.807, 2.05) is 36.4 Å². The highest BCUT2D eigenvalue weighted by atomic mass is 32.1. The number of nitriles is 1. The van der Waals surface area contributed by atoms with Crippen molar-refractivity contribution in [1.29, 1.82) is 5.26 Å². The summed E-state index contributed by atoms with van der Waals surface area (Å²) in [5.74, 6) is 0.0613. The number of nitrogens with one attached hydrogen (secondary N) is 1. The lowest BCUT2D eigenvalue weighted by atomic mass is 9.91. The van der Waals surface area contributed by atoms with Crippen LogP contribution in [0.1, 0.15) is 11.1 Å². The van der Waals surface area contributed by atoms with Gasteiger partial charge < -0.3 is 10.4 Å². The van der Waals surface area contributed by atoms with Crippen LogP contribution in [0.15, 0.2) is 54.7 Å². The summed E-state index contributed by atoms with van der Waals surface area (Å²) in [5.41, 5.74) is 4.55. The van der Waals surface area contributed by atoms with Gasteiger partial charge in [-0.25, -0.2) is 4.37 Å². The first-order valence-electron chi connectivity index (χ1n) is 8.59. The Hall–Kier alpha value is -2.85. The number of aliphatic hydroxyl groups is 1. The molecule has 5 nitrogen and oxygen atoms in total. The van der Waals surface area contributed by atoms with Crippen molar-refractivity contribution < 1.29 is 9.90 Å². The second-order valence-electron chi connectivity index (χ2n) is 6.02. The summed E-state index contributed by atoms with van der Waals surface area (Å²) in [6, 6.07) is 17.4. The van der Waals surface area contributed by atoms with Gasteiger partial charge in [0.1, 0.15) is 0 Å². The molecule has 2 aromatic carbocycles. The van der Waals surface area contributed by atoms with Crippen LogP contribution < -0.4 is 5.32 Å². The topological polar surface area (TPSA) is 86.0 Å². The predicted molar refractivity (Wildman–Crippen MR) is 106 cm³/mol. The summed E-state index contributed by atoms with van der Waals surface area (Å²) in [5, 5.41) is 20.8. The van der Waals surface area contributed by atoms with Crippen LogP contribution in [0.5, 0.6) is 0 Å². The molecule has 0 unspecified atom stereocenters. The van der Waals surface area contributed by atoms with Crippen LogP contribution in [-0.4, -0.2) is 35.0 Å². The fraction of sp³-hybridized carbons (Fsp3) is 0.190. The van der Waals surface area contributed by atoms with E-state index in [1.54, 1.807) is 18.3 Å². The maximum atomic E-state index is 12.3. The summed E-state index contributed by atoms with van der Waals surface area (Å²) in [7, 11) is 0. The van der Waals surface area contributed by atoms with Gasteiger partial charge in [0.15, 0.2) is 5.78 Å². The lowest BCUT2D eigenvalue weighted by Crippen LogP contribution is -2.26. The standard InChI is InChI=1S/C21H19N3O2S/c22-13-15-4-6-16(7-5-15)19-3-1-2-17(12-18(26)14-23-10-11-25)21(19)20-8-9-24-27-20/h1-9,23,25H,10-12,14H2. The molecule has 0 saturated carbocycles. The fourth-order valence-electron chi connectivity index (χ4n) is 2.93. The first-order valence-corrected chi connectivity index (χ1v) is 9.37. The van der Waals surface area contributed by atoms with Crippen LogP contribution in [0.3, 0.4) is 0 Å². The van der Waals surface area contributed by atoms with Crippen LogP contribution >= 0.6 is 11.5 Å². The molecule has 0 bridgehead atoms. The maximum absolute atomic E-state index is 12.3. The molecule has 3 rings (SSSR count). The smallest absolute Gasteiger partial charge is 0.150 e. The lowest BCUT2D eigenvalue weighted by Gasteiger charge is -2.14. The Bertz CT molecular complexity index is 945. The normalized spacial score (nSPS) is 10.5. The summed E-state index contributed by atoms with van der Waals surface area (Å²) in [6.45, 7) is 0.635. The first-order chi connectivity index (χ1) is 13.2. The highest BCUT2D eigenvalue weighted by molar-refractivity contribution is 7.09. The molecule has 0 aliphatic rings. The van der Waals surface area contributed by atoms with E-state index in [0.717, 1.165) is 27.1 Å². The summed E-state index contributed by atoms with van der Waals surface area (Å²) in [6.07, 6.45) is 2.06. The van der Waals surface area contributed by atoms with Gasteiger partial charge >= 0.3 is 0 Å². The molecule has 0 spiro atoms. The molecular formula is C21H19N3O2S. The molecule has 1 heterocycles. The van der Waals surface area contributed by atoms with E-state index in [-0.39, 0.29) is 18.9 Å². The van der Waals surface area contributed by atoms with E-state index in [2.05, 4.69) is 15.8 Å². The fourth-order valence-corrected chi connectivity index (χ4v) is 3.62. The molecule has 0 atom stereocenters. The molecule has 2 N–H and O–H groups in total. The molecule has 0 radical (unpaired) electrons. The van der Waals surface area contributed by atoms with Crippen molar-refractivity contribution >= 4 is 17.3 Å². The van der Waals surface area contributed by atoms with Crippen LogP contribution in [0, 0.1) is 11.3 Å². The van der Waals surface area contributed by atoms with Crippen molar-refractivity contribution in [1.82, 2.24) is 9.69 Å². The lowest BCUT2D eigenvalue weighted by molar-refractivity contribution is -0.117. The number of rotatable bonds is 8. The monoisotopic (exact) mass is 377 g/mol. The predicted octanol–water partition coefficient (Wildman–Crippen LogP) is 3.04. The van der Waals surface area contributed by atoms with E-state index in [4.69, 9.17) is 10.4 Å². The highest BCUT2D eigenvalue weighted by Gasteiger charge is 2.16. The van der Waals surface area contributed by atoms with Gasteiger partial charge in [-0.15, -0.1) is 0 Å². The van der Waals surface area contributed by atoms with Gasteiger partial charge in [-0.3, -0.25) is 4.79 Å². The van der Waals surface area contributed by atoms with Crippen molar-refractivity contribution in [2.75, 3.05) is 19.7 Å². The molecule has 6 heteroatoms. The number of carbonyl (C=O) groups excluding carboxylic acids is 1. The second-order valence-corrected chi connectivity index (χ2v) is 6.85. The zero-order valence-electron chi connectivity index (χ0n) is 14.7. The van der Waals surface area contributed by atoms with E-state index in [1.165, 1.54) is 11.5 Å². The van der Waals surface area contributed by atoms with Gasteiger partial charge in [0.2, 0.25) is 0 Å². The number of Topliss-reactive ketones (excluding diaryl/α,β-unsaturated/α-hetero) is 1. The van der Waals surface area contributed by atoms with Gasteiger partial charge in [0.25, 0.3) is 0 Å². The molecule has 27 heavy (non-hydrogen) atoms. The largest absolute Gasteiger partial charge is 0.395 e. The molecule has 0 amide bonds. The van der Waals surface area contributed by atoms with Crippen molar-refractivity contribution in [3.05, 3.63) is 65.9 Å². The van der Waals surface area contributed by atoms with E-state index < -0.39 is 0 Å². The van der Waals surface area contributed by atoms with Crippen molar-refractivity contribution in [2.24, 2.45) is 0 Å². The molecule has 136 valence electrons. The van der Waals surface area contributed by atoms with Crippen LogP contribution in [-0.2, 0) is 11.2 Å². The zero-order chi connectivity index (χ0) is 19.1. The Morgan fingerprint density at radius 2 is 2.00 bits per heavy atom. The molecule has 3 aromatic rings. The van der Waals surface area contributed by atoms with E-state index in [9.17, 15) is 4.79 Å². The molecule has 0 aliphatic heterocycles. The average molecular weight is 377 g/mol. The molecule has 0 aliphatic carbocycles. The summed E-state index contributed by atoms with van der Waals surface area (Å²) < 4.78 is 4.22. The number of ketones is 1. The first kappa shape index (κ1) is 18.9. The number of carbonyl (C=O) groups is 1. The minimum absolute atomic E-state index is 0.00751. The minimum atomic E-state index is 0.00751. The van der Waals surface area contributed by atoms with Gasteiger partial charge in [-0.05, 0) is 46.4 Å². The van der Waals surface area contributed by atoms with Crippen molar-refractivity contribution in [3.63, 3.8) is 0 Å². The van der Waals surface area contributed by atoms with Crippen LogP contribution in [0.25, 0.3) is 21.6 Å². The molecule has 0 fully saturated rings. The number of aliphatic hydroxyl groups excluding tert-OH is 1. The summed E-state index contributed by atoms with van der Waals surface area (Å²) in [4.78, 5) is 13.3. The highest BCUT2D eigenvalue weighted by Crippen LogP contribution is 2.37. The van der Waals surface area contributed by atoms with Crippen molar-refractivity contribution in [3.8, 4) is 27.6 Å². The van der Waals surface area contributed by atoms with Gasteiger partial charge in [-0.2, -0.15) is 5.26 Å². The van der Waals surface area contributed by atoms with E-state index in [0.29, 0.717) is 18.5 Å². The molecule has 1 aromatic heterocycles. The zero-order valence-corrected chi connectivity index (χ0v) is 15.5.